The van der Waals surface area contributed by atoms with Crippen molar-refractivity contribution in [2.45, 2.75) is 12.5 Å². The number of hydrogen-bond donors (Lipinski definition) is 4. The van der Waals surface area contributed by atoms with Crippen molar-refractivity contribution in [3.63, 3.8) is 0 Å². The van der Waals surface area contributed by atoms with Crippen molar-refractivity contribution in [1.29, 1.82) is 0 Å². The summed E-state index contributed by atoms with van der Waals surface area (Å²) in [7, 11) is 0. The van der Waals surface area contributed by atoms with Crippen molar-refractivity contribution in [2.24, 2.45) is 5.73 Å². The van der Waals surface area contributed by atoms with Crippen LogP contribution in [0.5, 0.6) is 0 Å². The van der Waals surface area contributed by atoms with Crippen LogP contribution in [0.3, 0.4) is 0 Å². The SMILES string of the molecule is CSCC[C@H](N)C(=O)O.Nc1ccccc1C(=O)O. The number of para-hydroxylation sites is 1. The van der Waals surface area contributed by atoms with Crippen molar-refractivity contribution in [3.05, 3.63) is 29.8 Å². The van der Waals surface area contributed by atoms with Gasteiger partial charge in [0.25, 0.3) is 0 Å². The molecule has 0 aliphatic heterocycles. The lowest BCUT2D eigenvalue weighted by Crippen LogP contribution is -2.30. The molecule has 0 spiro atoms. The van der Waals surface area contributed by atoms with Gasteiger partial charge in [0.1, 0.15) is 6.04 Å². The molecular formula is C12H18N2O4S. The lowest BCUT2D eigenvalue weighted by molar-refractivity contribution is -0.138. The van der Waals surface area contributed by atoms with Crippen LogP contribution in [-0.2, 0) is 4.79 Å². The Morgan fingerprint density at radius 3 is 2.26 bits per heavy atom. The highest BCUT2D eigenvalue weighted by molar-refractivity contribution is 7.98. The average Bonchev–Trinajstić information content (AvgIpc) is 2.36. The maximum absolute atomic E-state index is 10.3. The standard InChI is InChI=1S/C7H7NO2.C5H11NO2S/c8-6-4-2-1-3-5(6)7(9)10;1-9-3-2-4(6)5(7)8/h1-4H,8H2,(H,9,10);4H,2-3,6H2,1H3,(H,7,8)/t;4-/m.0/s1. The average molecular weight is 286 g/mol. The molecule has 0 fully saturated rings. The lowest BCUT2D eigenvalue weighted by atomic mass is 10.2. The van der Waals surface area contributed by atoms with Crippen LogP contribution in [-0.4, -0.2) is 40.2 Å². The number of aliphatic carboxylic acids is 1. The molecule has 0 amide bonds. The van der Waals surface area contributed by atoms with Crippen LogP contribution in [0.15, 0.2) is 24.3 Å². The molecule has 1 atom stereocenters. The molecule has 106 valence electrons. The predicted octanol–water partition coefficient (Wildman–Crippen LogP) is 1.12. The third kappa shape index (κ3) is 7.32. The molecule has 0 radical (unpaired) electrons. The number of thioether (sulfide) groups is 1. The molecule has 0 aliphatic rings. The van der Waals surface area contributed by atoms with Gasteiger partial charge in [-0.1, -0.05) is 12.1 Å². The van der Waals surface area contributed by atoms with Crippen molar-refractivity contribution in [1.82, 2.24) is 0 Å². The smallest absolute Gasteiger partial charge is 0.337 e. The molecule has 0 unspecified atom stereocenters. The molecule has 1 rings (SSSR count). The number of nitrogens with two attached hydrogens (primary N) is 2. The van der Waals surface area contributed by atoms with Gasteiger partial charge in [-0.2, -0.15) is 11.8 Å². The van der Waals surface area contributed by atoms with E-state index in [2.05, 4.69) is 0 Å². The molecule has 7 heteroatoms. The van der Waals surface area contributed by atoms with Crippen LogP contribution < -0.4 is 11.5 Å². The van der Waals surface area contributed by atoms with Crippen LogP contribution in [0.2, 0.25) is 0 Å². The Kier molecular flexibility index (Phi) is 8.39. The summed E-state index contributed by atoms with van der Waals surface area (Å²) in [5.74, 6) is -1.09. The van der Waals surface area contributed by atoms with Crippen molar-refractivity contribution < 1.29 is 19.8 Å². The zero-order valence-corrected chi connectivity index (χ0v) is 11.4. The predicted molar refractivity (Wildman–Crippen MR) is 76.4 cm³/mol. The number of aromatic carboxylic acids is 1. The van der Waals surface area contributed by atoms with E-state index in [0.29, 0.717) is 12.1 Å². The Labute approximate surface area is 115 Å². The van der Waals surface area contributed by atoms with Crippen molar-refractivity contribution >= 4 is 29.4 Å². The van der Waals surface area contributed by atoms with E-state index in [9.17, 15) is 9.59 Å². The Morgan fingerprint density at radius 1 is 1.32 bits per heavy atom. The second kappa shape index (κ2) is 9.23. The monoisotopic (exact) mass is 286 g/mol. The lowest BCUT2D eigenvalue weighted by Gasteiger charge is -2.02. The van der Waals surface area contributed by atoms with E-state index in [1.165, 1.54) is 6.07 Å². The first-order valence-corrected chi connectivity index (χ1v) is 6.84. The Morgan fingerprint density at radius 2 is 1.89 bits per heavy atom. The molecular weight excluding hydrogens is 268 g/mol. The summed E-state index contributed by atoms with van der Waals surface area (Å²) >= 11 is 1.60. The van der Waals surface area contributed by atoms with Gasteiger partial charge in [0.05, 0.1) is 5.56 Å². The third-order valence-corrected chi connectivity index (χ3v) is 2.79. The molecule has 0 saturated carbocycles. The highest BCUT2D eigenvalue weighted by Gasteiger charge is 2.09. The number of rotatable bonds is 5. The van der Waals surface area contributed by atoms with Gasteiger partial charge in [-0.3, -0.25) is 4.79 Å². The number of carboxylic acid groups (broad SMARTS) is 2. The maximum Gasteiger partial charge on any atom is 0.337 e. The van der Waals surface area contributed by atoms with Crippen molar-refractivity contribution in [3.8, 4) is 0 Å². The van der Waals surface area contributed by atoms with E-state index >= 15 is 0 Å². The molecule has 0 heterocycles. The second-order valence-corrected chi connectivity index (χ2v) is 4.60. The summed E-state index contributed by atoms with van der Waals surface area (Å²) in [5.41, 5.74) is 11.0. The molecule has 0 saturated heterocycles. The minimum Gasteiger partial charge on any atom is -0.480 e. The summed E-state index contributed by atoms with van der Waals surface area (Å²) in [5, 5.41) is 16.8. The number of nitrogen functional groups attached to an aromatic ring is 1. The molecule has 0 aliphatic carbocycles. The quantitative estimate of drug-likeness (QED) is 0.597. The van der Waals surface area contributed by atoms with Gasteiger partial charge < -0.3 is 21.7 Å². The second-order valence-electron chi connectivity index (χ2n) is 3.62. The Bertz CT molecular complexity index is 426. The van der Waals surface area contributed by atoms with E-state index in [-0.39, 0.29) is 5.56 Å². The first kappa shape index (κ1) is 17.3. The molecule has 19 heavy (non-hydrogen) atoms. The molecule has 6 nitrogen and oxygen atoms in total. The van der Waals surface area contributed by atoms with E-state index in [1.54, 1.807) is 30.0 Å². The molecule has 0 bridgehead atoms. The zero-order valence-electron chi connectivity index (χ0n) is 10.6. The minimum atomic E-state index is -0.988. The van der Waals surface area contributed by atoms with Gasteiger partial charge in [0.2, 0.25) is 0 Å². The fourth-order valence-corrected chi connectivity index (χ4v) is 1.55. The van der Waals surface area contributed by atoms with Crippen LogP contribution in [0, 0.1) is 0 Å². The van der Waals surface area contributed by atoms with Crippen LogP contribution >= 0.6 is 11.8 Å². The summed E-state index contributed by atoms with van der Waals surface area (Å²) in [6.45, 7) is 0. The number of carbonyl (C=O) groups is 2. The van der Waals surface area contributed by atoms with Gasteiger partial charge in [0, 0.05) is 5.69 Å². The van der Waals surface area contributed by atoms with Crippen molar-refractivity contribution in [2.75, 3.05) is 17.7 Å². The van der Waals surface area contributed by atoms with Crippen LogP contribution in [0.1, 0.15) is 16.8 Å². The molecule has 0 aromatic heterocycles. The number of carboxylic acids is 2. The normalized spacial score (nSPS) is 11.1. The van der Waals surface area contributed by atoms with Gasteiger partial charge >= 0.3 is 11.9 Å². The molecule has 6 N–H and O–H groups in total. The van der Waals surface area contributed by atoms with E-state index in [4.69, 9.17) is 21.7 Å². The summed E-state index contributed by atoms with van der Waals surface area (Å²) in [4.78, 5) is 20.4. The Balaban J connectivity index is 0.000000344. The number of anilines is 1. The largest absolute Gasteiger partial charge is 0.480 e. The van der Waals surface area contributed by atoms with Gasteiger partial charge in [-0.25, -0.2) is 4.79 Å². The summed E-state index contributed by atoms with van der Waals surface area (Å²) in [6, 6.07) is 5.68. The first-order valence-electron chi connectivity index (χ1n) is 5.45. The van der Waals surface area contributed by atoms with E-state index < -0.39 is 18.0 Å². The van der Waals surface area contributed by atoms with Crippen LogP contribution in [0.25, 0.3) is 0 Å². The summed E-state index contributed by atoms with van der Waals surface area (Å²) in [6.07, 6.45) is 2.48. The maximum atomic E-state index is 10.3. The third-order valence-electron chi connectivity index (χ3n) is 2.14. The number of benzene rings is 1. The van der Waals surface area contributed by atoms with E-state index in [0.717, 1.165) is 5.75 Å². The van der Waals surface area contributed by atoms with E-state index in [1.807, 2.05) is 6.26 Å². The fraction of sp³-hybridized carbons (Fsp3) is 0.333. The summed E-state index contributed by atoms with van der Waals surface area (Å²) < 4.78 is 0. The molecule has 1 aromatic rings. The van der Waals surface area contributed by atoms with Gasteiger partial charge in [-0.05, 0) is 30.6 Å². The highest BCUT2D eigenvalue weighted by Crippen LogP contribution is 2.09. The first-order chi connectivity index (χ1) is 8.90. The fourth-order valence-electron chi connectivity index (χ4n) is 1.06. The number of hydrogen-bond acceptors (Lipinski definition) is 5. The highest BCUT2D eigenvalue weighted by atomic mass is 32.2. The topological polar surface area (TPSA) is 127 Å². The zero-order chi connectivity index (χ0) is 14.8. The molecule has 1 aromatic carbocycles. The minimum absolute atomic E-state index is 0.155. The van der Waals surface area contributed by atoms with Gasteiger partial charge in [0.15, 0.2) is 0 Å². The van der Waals surface area contributed by atoms with Gasteiger partial charge in [-0.15, -0.1) is 0 Å². The Hall–Kier alpha value is -1.73. The van der Waals surface area contributed by atoms with Crippen LogP contribution in [0.4, 0.5) is 5.69 Å².